The van der Waals surface area contributed by atoms with Crippen molar-refractivity contribution in [3.05, 3.63) is 87.7 Å². The van der Waals surface area contributed by atoms with E-state index in [9.17, 15) is 13.6 Å². The van der Waals surface area contributed by atoms with Crippen molar-refractivity contribution in [2.75, 3.05) is 18.8 Å². The summed E-state index contributed by atoms with van der Waals surface area (Å²) in [6.45, 7) is -1.53. The monoisotopic (exact) mass is 636 g/mol. The topological polar surface area (TPSA) is 60.9 Å². The van der Waals surface area contributed by atoms with Crippen LogP contribution in [0.25, 0.3) is 0 Å². The second-order valence-corrected chi connectivity index (χ2v) is 12.3. The summed E-state index contributed by atoms with van der Waals surface area (Å²) in [4.78, 5) is 19.8. The molecule has 0 unspecified atom stereocenters. The van der Waals surface area contributed by atoms with Crippen LogP contribution in [0.4, 0.5) is 8.78 Å². The molecule has 2 aromatic carbocycles. The summed E-state index contributed by atoms with van der Waals surface area (Å²) in [7, 11) is 0. The van der Waals surface area contributed by atoms with Crippen LogP contribution in [0.15, 0.2) is 60.9 Å². The summed E-state index contributed by atoms with van der Waals surface area (Å²) in [6.07, 6.45) is 6.69. The summed E-state index contributed by atoms with van der Waals surface area (Å²) in [6, 6.07) is 14.8. The Hall–Kier alpha value is -2.59. The highest BCUT2D eigenvalue weighted by atomic mass is 35.5. The minimum Gasteiger partial charge on any atom is -0.487 e. The first-order chi connectivity index (χ1) is 20.4. The van der Waals surface area contributed by atoms with Gasteiger partial charge in [0.25, 0.3) is 0 Å². The average Bonchev–Trinajstić information content (AvgIpc) is 3.67. The largest absolute Gasteiger partial charge is 0.487 e. The van der Waals surface area contributed by atoms with Gasteiger partial charge >= 0.3 is 12.6 Å². The van der Waals surface area contributed by atoms with Crippen molar-refractivity contribution in [2.45, 2.75) is 62.7 Å². The zero-order chi connectivity index (χ0) is 29.5. The fraction of sp³-hybridized carbons (Fsp3) is 0.419. The number of halogens is 4. The predicted molar refractivity (Wildman–Crippen MR) is 161 cm³/mol. The van der Waals surface area contributed by atoms with E-state index in [0.717, 1.165) is 44.4 Å². The lowest BCUT2D eigenvalue weighted by molar-refractivity contribution is -0.152. The minimum atomic E-state index is -3.01. The Kier molecular flexibility index (Phi) is 10.8. The number of aromatic nitrogens is 1. The van der Waals surface area contributed by atoms with Crippen LogP contribution in [0.2, 0.25) is 10.0 Å². The van der Waals surface area contributed by atoms with Crippen molar-refractivity contribution >= 4 is 40.9 Å². The Morgan fingerprint density at radius 2 is 1.79 bits per heavy atom. The Labute approximate surface area is 258 Å². The molecule has 3 aromatic rings. The van der Waals surface area contributed by atoms with Crippen molar-refractivity contribution < 1.29 is 27.8 Å². The summed E-state index contributed by atoms with van der Waals surface area (Å²) in [5, 5.41) is 0.196. The Bertz CT molecular complexity index is 1330. The Morgan fingerprint density at radius 1 is 1.05 bits per heavy atom. The number of carbonyl (C=O) groups is 1. The summed E-state index contributed by atoms with van der Waals surface area (Å²) < 4.78 is 43.5. The molecule has 1 aliphatic carbocycles. The molecule has 0 radical (unpaired) electrons. The minimum absolute atomic E-state index is 0.0656. The van der Waals surface area contributed by atoms with Gasteiger partial charge in [0.05, 0.1) is 16.1 Å². The number of benzene rings is 2. The molecular weight excluding hydrogens is 605 g/mol. The molecule has 2 atom stereocenters. The fourth-order valence-corrected chi connectivity index (χ4v) is 7.00. The molecule has 42 heavy (non-hydrogen) atoms. The molecule has 1 saturated carbocycles. The Morgan fingerprint density at radius 3 is 2.50 bits per heavy atom. The number of hydrogen-bond donors (Lipinski definition) is 0. The summed E-state index contributed by atoms with van der Waals surface area (Å²) >= 11 is 14.4. The third kappa shape index (κ3) is 8.07. The molecule has 2 fully saturated rings. The van der Waals surface area contributed by atoms with Gasteiger partial charge < -0.3 is 14.2 Å². The van der Waals surface area contributed by atoms with Crippen molar-refractivity contribution in [3.8, 4) is 11.5 Å². The zero-order valence-corrected chi connectivity index (χ0v) is 25.2. The van der Waals surface area contributed by atoms with Crippen LogP contribution in [0.1, 0.15) is 48.5 Å². The van der Waals surface area contributed by atoms with Gasteiger partial charge in [-0.1, -0.05) is 59.6 Å². The highest BCUT2D eigenvalue weighted by Crippen LogP contribution is 2.38. The van der Waals surface area contributed by atoms with Gasteiger partial charge in [-0.3, -0.25) is 9.88 Å². The third-order valence-corrected chi connectivity index (χ3v) is 9.35. The van der Waals surface area contributed by atoms with E-state index in [1.807, 2.05) is 18.2 Å². The van der Waals surface area contributed by atoms with Gasteiger partial charge in [-0.25, -0.2) is 4.79 Å². The van der Waals surface area contributed by atoms with Crippen LogP contribution in [0.5, 0.6) is 11.5 Å². The number of ether oxygens (including phenoxy) is 3. The number of esters is 1. The standard InChI is InChI=1S/C31H32Cl2F2N2O4S/c32-24-18-36-19-25(33)23(24)17-27(21-10-11-26(41-31(34)35)28(16-21)39-22-8-4-5-9-22)40-30(38)29-37(14-15-42-29)13-12-20-6-2-1-3-7-20/h1-3,6-7,10-11,16,18-19,22,27,29,31H,4-5,8-9,12-15,17H2/t27-,29-/m0/s1. The van der Waals surface area contributed by atoms with E-state index in [2.05, 4.69) is 22.0 Å². The number of thioether (sulfide) groups is 1. The lowest BCUT2D eigenvalue weighted by atomic mass is 10.0. The highest BCUT2D eigenvalue weighted by Gasteiger charge is 2.35. The predicted octanol–water partition coefficient (Wildman–Crippen LogP) is 7.76. The molecule has 6 nitrogen and oxygen atoms in total. The average molecular weight is 638 g/mol. The lowest BCUT2D eigenvalue weighted by Crippen LogP contribution is -2.38. The Balaban J connectivity index is 1.40. The van der Waals surface area contributed by atoms with E-state index < -0.39 is 18.1 Å². The molecule has 5 rings (SSSR count). The van der Waals surface area contributed by atoms with Gasteiger partial charge in [0.2, 0.25) is 0 Å². The first kappa shape index (κ1) is 30.9. The van der Waals surface area contributed by atoms with Gasteiger partial charge in [0.1, 0.15) is 6.10 Å². The van der Waals surface area contributed by atoms with Crippen LogP contribution in [-0.2, 0) is 22.4 Å². The van der Waals surface area contributed by atoms with E-state index in [1.54, 1.807) is 12.1 Å². The van der Waals surface area contributed by atoms with E-state index >= 15 is 0 Å². The van der Waals surface area contributed by atoms with Crippen molar-refractivity contribution in [1.29, 1.82) is 0 Å². The van der Waals surface area contributed by atoms with Gasteiger partial charge in [-0.2, -0.15) is 8.78 Å². The van der Waals surface area contributed by atoms with Crippen LogP contribution in [0.3, 0.4) is 0 Å². The number of pyridine rings is 1. The number of nitrogens with zero attached hydrogens (tertiary/aromatic N) is 2. The fourth-order valence-electron chi connectivity index (χ4n) is 5.31. The van der Waals surface area contributed by atoms with E-state index in [1.165, 1.54) is 35.8 Å². The second kappa shape index (κ2) is 14.7. The molecule has 0 spiro atoms. The van der Waals surface area contributed by atoms with Gasteiger partial charge in [0.15, 0.2) is 16.9 Å². The lowest BCUT2D eigenvalue weighted by Gasteiger charge is -2.26. The summed E-state index contributed by atoms with van der Waals surface area (Å²) in [5.74, 6) is 0.542. The molecule has 2 aliphatic rings. The molecule has 0 bridgehead atoms. The van der Waals surface area contributed by atoms with Gasteiger partial charge in [-0.15, -0.1) is 11.8 Å². The molecule has 11 heteroatoms. The SMILES string of the molecule is O=C(O[C@@H](Cc1c(Cl)cncc1Cl)c1ccc(OC(F)F)c(OC2CCCC2)c1)[C@@H]1SCCN1CCc1ccccc1. The van der Waals surface area contributed by atoms with Crippen molar-refractivity contribution in [3.63, 3.8) is 0 Å². The number of hydrogen-bond acceptors (Lipinski definition) is 7. The molecule has 1 saturated heterocycles. The second-order valence-electron chi connectivity index (χ2n) is 10.3. The van der Waals surface area contributed by atoms with Crippen LogP contribution >= 0.6 is 35.0 Å². The van der Waals surface area contributed by atoms with Gasteiger partial charge in [0, 0.05) is 37.7 Å². The normalized spacial score (nSPS) is 18.4. The van der Waals surface area contributed by atoms with Crippen molar-refractivity contribution in [2.24, 2.45) is 0 Å². The quantitative estimate of drug-likeness (QED) is 0.188. The number of carbonyl (C=O) groups excluding carboxylic acids is 1. The van der Waals surface area contributed by atoms with Gasteiger partial charge in [-0.05, 0) is 60.9 Å². The number of rotatable bonds is 12. The van der Waals surface area contributed by atoms with Crippen molar-refractivity contribution in [1.82, 2.24) is 9.88 Å². The molecule has 0 amide bonds. The first-order valence-electron chi connectivity index (χ1n) is 14.0. The molecule has 224 valence electrons. The smallest absolute Gasteiger partial charge is 0.387 e. The van der Waals surface area contributed by atoms with Crippen LogP contribution in [-0.4, -0.2) is 52.8 Å². The molecule has 1 aliphatic heterocycles. The number of alkyl halides is 2. The summed E-state index contributed by atoms with van der Waals surface area (Å²) in [5.41, 5.74) is 2.32. The zero-order valence-electron chi connectivity index (χ0n) is 22.9. The van der Waals surface area contributed by atoms with Crippen LogP contribution in [0, 0.1) is 0 Å². The highest BCUT2D eigenvalue weighted by molar-refractivity contribution is 8.00. The first-order valence-corrected chi connectivity index (χ1v) is 15.8. The molecule has 2 heterocycles. The van der Waals surface area contributed by atoms with E-state index in [0.29, 0.717) is 27.7 Å². The van der Waals surface area contributed by atoms with Crippen LogP contribution < -0.4 is 9.47 Å². The molecule has 0 N–H and O–H groups in total. The van der Waals surface area contributed by atoms with E-state index in [4.69, 9.17) is 37.4 Å². The maximum Gasteiger partial charge on any atom is 0.387 e. The molecular formula is C31H32Cl2F2N2O4S. The molecule has 1 aromatic heterocycles. The maximum absolute atomic E-state index is 13.7. The maximum atomic E-state index is 13.7. The van der Waals surface area contributed by atoms with E-state index in [-0.39, 0.29) is 30.0 Å². The third-order valence-electron chi connectivity index (χ3n) is 7.47.